The normalized spacial score (nSPS) is 10.9. The Bertz CT molecular complexity index is 649. The highest BCUT2D eigenvalue weighted by molar-refractivity contribution is 7.10. The zero-order valence-corrected chi connectivity index (χ0v) is 11.9. The molecule has 0 aliphatic carbocycles. The number of aryl methyl sites for hydroxylation is 1. The van der Waals surface area contributed by atoms with Crippen molar-refractivity contribution in [2.45, 2.75) is 13.3 Å². The summed E-state index contributed by atoms with van der Waals surface area (Å²) in [6, 6.07) is 13.3. The molecule has 0 saturated carbocycles. The van der Waals surface area contributed by atoms with E-state index in [9.17, 15) is 4.79 Å². The summed E-state index contributed by atoms with van der Waals surface area (Å²) in [6.07, 6.45) is 2.55. The topological polar surface area (TPSA) is 52.9 Å². The summed E-state index contributed by atoms with van der Waals surface area (Å²) in [5.74, 6) is -0.384. The second-order valence-electron chi connectivity index (χ2n) is 4.19. The van der Waals surface area contributed by atoms with Gasteiger partial charge in [-0.3, -0.25) is 4.79 Å². The third kappa shape index (κ3) is 3.56. The maximum Gasteiger partial charge on any atom is 0.266 e. The number of benzene rings is 1. The molecule has 4 heteroatoms. The Balaban J connectivity index is 2.11. The van der Waals surface area contributed by atoms with E-state index < -0.39 is 0 Å². The molecule has 0 bridgehead atoms. The first kappa shape index (κ1) is 14.0. The van der Waals surface area contributed by atoms with Crippen LogP contribution in [-0.2, 0) is 11.2 Å². The minimum absolute atomic E-state index is 0.104. The lowest BCUT2D eigenvalue weighted by Gasteiger charge is -2.05. The number of hydrogen-bond donors (Lipinski definition) is 1. The Morgan fingerprint density at radius 1 is 1.35 bits per heavy atom. The number of anilines is 1. The highest BCUT2D eigenvalue weighted by atomic mass is 32.1. The summed E-state index contributed by atoms with van der Waals surface area (Å²) in [6.45, 7) is 2.07. The van der Waals surface area contributed by atoms with Crippen molar-refractivity contribution in [3.05, 3.63) is 57.8 Å². The molecule has 0 aliphatic rings. The van der Waals surface area contributed by atoms with Crippen LogP contribution in [0.15, 0.2) is 47.4 Å². The molecule has 0 aliphatic heterocycles. The van der Waals surface area contributed by atoms with E-state index in [-0.39, 0.29) is 11.5 Å². The molecule has 0 atom stereocenters. The standard InChI is InChI=1S/C16H14N2OS/c1-2-12-5-7-14(8-6-12)18-16(19)13(11-17)10-15-4-3-9-20-15/h3-10H,2H2,1H3,(H,18,19). The third-order valence-corrected chi connectivity index (χ3v) is 3.63. The molecular formula is C16H14N2OS. The van der Waals surface area contributed by atoms with Crippen LogP contribution in [0.5, 0.6) is 0 Å². The van der Waals surface area contributed by atoms with Crippen LogP contribution in [0.2, 0.25) is 0 Å². The molecule has 0 saturated heterocycles. The largest absolute Gasteiger partial charge is 0.321 e. The molecule has 1 aromatic heterocycles. The van der Waals surface area contributed by atoms with Gasteiger partial charge in [0.05, 0.1) is 0 Å². The molecule has 1 heterocycles. The Morgan fingerprint density at radius 2 is 2.10 bits per heavy atom. The molecule has 1 N–H and O–H groups in total. The Hall–Kier alpha value is -2.38. The summed E-state index contributed by atoms with van der Waals surface area (Å²) < 4.78 is 0. The number of thiophene rings is 1. The molecule has 0 fully saturated rings. The van der Waals surface area contributed by atoms with Crippen LogP contribution in [0, 0.1) is 11.3 Å². The quantitative estimate of drug-likeness (QED) is 0.684. The van der Waals surface area contributed by atoms with Crippen LogP contribution >= 0.6 is 11.3 Å². The fourth-order valence-electron chi connectivity index (χ4n) is 1.69. The van der Waals surface area contributed by atoms with E-state index in [0.717, 1.165) is 11.3 Å². The van der Waals surface area contributed by atoms with Gasteiger partial charge in [0.1, 0.15) is 11.6 Å². The van der Waals surface area contributed by atoms with E-state index in [1.807, 2.05) is 47.8 Å². The van der Waals surface area contributed by atoms with Gasteiger partial charge in [-0.25, -0.2) is 0 Å². The molecule has 3 nitrogen and oxygen atoms in total. The smallest absolute Gasteiger partial charge is 0.266 e. The number of hydrogen-bond acceptors (Lipinski definition) is 3. The first-order valence-electron chi connectivity index (χ1n) is 6.28. The van der Waals surface area contributed by atoms with E-state index in [4.69, 9.17) is 5.26 Å². The van der Waals surface area contributed by atoms with Crippen LogP contribution in [-0.4, -0.2) is 5.91 Å². The van der Waals surface area contributed by atoms with Crippen molar-refractivity contribution in [2.24, 2.45) is 0 Å². The summed E-state index contributed by atoms with van der Waals surface area (Å²) in [5, 5.41) is 13.7. The van der Waals surface area contributed by atoms with Gasteiger partial charge in [-0.05, 0) is 41.6 Å². The highest BCUT2D eigenvalue weighted by Gasteiger charge is 2.09. The van der Waals surface area contributed by atoms with Gasteiger partial charge in [-0.2, -0.15) is 5.26 Å². The molecule has 100 valence electrons. The number of amides is 1. The third-order valence-electron chi connectivity index (χ3n) is 2.81. The maximum atomic E-state index is 12.0. The summed E-state index contributed by atoms with van der Waals surface area (Å²) >= 11 is 1.49. The van der Waals surface area contributed by atoms with Crippen molar-refractivity contribution in [2.75, 3.05) is 5.32 Å². The lowest BCUT2D eigenvalue weighted by atomic mass is 10.1. The first-order valence-corrected chi connectivity index (χ1v) is 7.16. The van der Waals surface area contributed by atoms with Crippen LogP contribution in [0.1, 0.15) is 17.4 Å². The molecule has 1 amide bonds. The number of nitrogens with zero attached hydrogens (tertiary/aromatic N) is 1. The van der Waals surface area contributed by atoms with Gasteiger partial charge in [-0.15, -0.1) is 11.3 Å². The summed E-state index contributed by atoms with van der Waals surface area (Å²) in [7, 11) is 0. The van der Waals surface area contributed by atoms with Gasteiger partial charge < -0.3 is 5.32 Å². The van der Waals surface area contributed by atoms with Crippen molar-refractivity contribution >= 4 is 29.0 Å². The lowest BCUT2D eigenvalue weighted by Crippen LogP contribution is -2.13. The average Bonchev–Trinajstić information content (AvgIpc) is 2.98. The van der Waals surface area contributed by atoms with Gasteiger partial charge in [0, 0.05) is 10.6 Å². The van der Waals surface area contributed by atoms with E-state index in [0.29, 0.717) is 5.69 Å². The molecular weight excluding hydrogens is 268 g/mol. The van der Waals surface area contributed by atoms with Crippen LogP contribution in [0.4, 0.5) is 5.69 Å². The molecule has 20 heavy (non-hydrogen) atoms. The Labute approximate surface area is 122 Å². The SMILES string of the molecule is CCc1ccc(NC(=O)C(C#N)=Cc2cccs2)cc1. The fraction of sp³-hybridized carbons (Fsp3) is 0.125. The van der Waals surface area contributed by atoms with Gasteiger partial charge >= 0.3 is 0 Å². The number of nitrogens with one attached hydrogen (secondary N) is 1. The van der Waals surface area contributed by atoms with Crippen molar-refractivity contribution in [3.63, 3.8) is 0 Å². The molecule has 2 rings (SSSR count). The molecule has 2 aromatic rings. The second kappa shape index (κ2) is 6.69. The molecule has 1 aromatic carbocycles. The molecule has 0 unspecified atom stereocenters. The average molecular weight is 282 g/mol. The summed E-state index contributed by atoms with van der Waals surface area (Å²) in [5.41, 5.74) is 2.00. The monoisotopic (exact) mass is 282 g/mol. The Kier molecular flexibility index (Phi) is 4.70. The van der Waals surface area contributed by atoms with Crippen molar-refractivity contribution in [1.82, 2.24) is 0 Å². The predicted octanol–water partition coefficient (Wildman–Crippen LogP) is 3.86. The lowest BCUT2D eigenvalue weighted by molar-refractivity contribution is -0.112. The predicted molar refractivity (Wildman–Crippen MR) is 82.4 cm³/mol. The fourth-order valence-corrected chi connectivity index (χ4v) is 2.34. The number of nitriles is 1. The van der Waals surface area contributed by atoms with E-state index in [1.165, 1.54) is 16.9 Å². The van der Waals surface area contributed by atoms with Crippen molar-refractivity contribution < 1.29 is 4.79 Å². The Morgan fingerprint density at radius 3 is 2.65 bits per heavy atom. The van der Waals surface area contributed by atoms with Gasteiger partial charge in [0.2, 0.25) is 0 Å². The number of rotatable bonds is 4. The van der Waals surface area contributed by atoms with Gasteiger partial charge in [-0.1, -0.05) is 25.1 Å². The zero-order valence-electron chi connectivity index (χ0n) is 11.1. The summed E-state index contributed by atoms with van der Waals surface area (Å²) in [4.78, 5) is 12.9. The van der Waals surface area contributed by atoms with Gasteiger partial charge in [0.15, 0.2) is 0 Å². The highest BCUT2D eigenvalue weighted by Crippen LogP contribution is 2.15. The molecule has 0 radical (unpaired) electrons. The minimum atomic E-state index is -0.384. The number of carbonyl (C=O) groups excluding carboxylic acids is 1. The van der Waals surface area contributed by atoms with Crippen LogP contribution < -0.4 is 5.32 Å². The molecule has 0 spiro atoms. The van der Waals surface area contributed by atoms with Crippen LogP contribution in [0.3, 0.4) is 0 Å². The first-order chi connectivity index (χ1) is 9.72. The second-order valence-corrected chi connectivity index (χ2v) is 5.17. The number of carbonyl (C=O) groups is 1. The van der Waals surface area contributed by atoms with E-state index in [2.05, 4.69) is 12.2 Å². The van der Waals surface area contributed by atoms with Gasteiger partial charge in [0.25, 0.3) is 5.91 Å². The van der Waals surface area contributed by atoms with E-state index >= 15 is 0 Å². The van der Waals surface area contributed by atoms with Crippen molar-refractivity contribution in [3.8, 4) is 6.07 Å². The minimum Gasteiger partial charge on any atom is -0.321 e. The van der Waals surface area contributed by atoms with E-state index in [1.54, 1.807) is 6.08 Å². The maximum absolute atomic E-state index is 12.0. The van der Waals surface area contributed by atoms with Crippen molar-refractivity contribution in [1.29, 1.82) is 5.26 Å². The zero-order chi connectivity index (χ0) is 14.4. The van der Waals surface area contributed by atoms with Crippen LogP contribution in [0.25, 0.3) is 6.08 Å².